The van der Waals surface area contributed by atoms with E-state index in [4.69, 9.17) is 5.73 Å². The van der Waals surface area contributed by atoms with Crippen LogP contribution in [0.5, 0.6) is 0 Å². The van der Waals surface area contributed by atoms with Gasteiger partial charge in [-0.1, -0.05) is 51.5 Å². The first-order chi connectivity index (χ1) is 10.1. The van der Waals surface area contributed by atoms with Gasteiger partial charge in [0.25, 0.3) is 0 Å². The van der Waals surface area contributed by atoms with Crippen molar-refractivity contribution in [3.05, 3.63) is 35.4 Å². The van der Waals surface area contributed by atoms with Gasteiger partial charge in [-0.05, 0) is 49.3 Å². The molecule has 118 valence electrons. The number of likely N-dealkylation sites (tertiary alicyclic amines) is 1. The van der Waals surface area contributed by atoms with E-state index >= 15 is 0 Å². The maximum absolute atomic E-state index is 6.05. The van der Waals surface area contributed by atoms with Crippen molar-refractivity contribution in [1.82, 2.24) is 4.90 Å². The maximum Gasteiger partial charge on any atom is 0.0323 e. The second-order valence-electron chi connectivity index (χ2n) is 6.92. The molecule has 0 bridgehead atoms. The molecule has 0 aliphatic carbocycles. The molecule has 21 heavy (non-hydrogen) atoms. The van der Waals surface area contributed by atoms with E-state index < -0.39 is 0 Å². The lowest BCUT2D eigenvalue weighted by molar-refractivity contribution is 0.0772. The molecule has 2 rings (SSSR count). The Labute approximate surface area is 130 Å². The summed E-state index contributed by atoms with van der Waals surface area (Å²) in [6, 6.07) is 10.2. The first-order valence-electron chi connectivity index (χ1n) is 8.62. The Morgan fingerprint density at radius 2 is 1.76 bits per heavy atom. The summed E-state index contributed by atoms with van der Waals surface area (Å²) < 4.78 is 0. The van der Waals surface area contributed by atoms with Gasteiger partial charge in [-0.2, -0.15) is 0 Å². The monoisotopic (exact) mass is 288 g/mol. The summed E-state index contributed by atoms with van der Waals surface area (Å²) in [5, 5.41) is 0. The van der Waals surface area contributed by atoms with E-state index in [0.717, 1.165) is 12.5 Å². The van der Waals surface area contributed by atoms with E-state index in [1.807, 2.05) is 0 Å². The van der Waals surface area contributed by atoms with Crippen LogP contribution in [0.2, 0.25) is 0 Å². The second kappa shape index (κ2) is 7.42. The van der Waals surface area contributed by atoms with Crippen LogP contribution in [0.4, 0.5) is 0 Å². The van der Waals surface area contributed by atoms with Crippen LogP contribution in [0.3, 0.4) is 0 Å². The summed E-state index contributed by atoms with van der Waals surface area (Å²) in [4.78, 5) is 2.62. The highest BCUT2D eigenvalue weighted by Gasteiger charge is 2.30. The normalized spacial score (nSPS) is 25.2. The van der Waals surface area contributed by atoms with Gasteiger partial charge >= 0.3 is 0 Å². The van der Waals surface area contributed by atoms with Gasteiger partial charge in [-0.3, -0.25) is 4.90 Å². The smallest absolute Gasteiger partial charge is 0.0323 e. The maximum atomic E-state index is 6.05. The highest BCUT2D eigenvalue weighted by Crippen LogP contribution is 2.32. The highest BCUT2D eigenvalue weighted by atomic mass is 15.2. The predicted octanol–water partition coefficient (Wildman–Crippen LogP) is 4.32. The van der Waals surface area contributed by atoms with Crippen LogP contribution < -0.4 is 5.73 Å². The predicted molar refractivity (Wildman–Crippen MR) is 91.5 cm³/mol. The van der Waals surface area contributed by atoms with Crippen molar-refractivity contribution in [3.8, 4) is 0 Å². The lowest BCUT2D eigenvalue weighted by Crippen LogP contribution is -2.47. The van der Waals surface area contributed by atoms with Crippen molar-refractivity contribution in [2.45, 2.75) is 65.0 Å². The second-order valence-corrected chi connectivity index (χ2v) is 6.92. The molecular formula is C19H32N2. The summed E-state index contributed by atoms with van der Waals surface area (Å²) in [7, 11) is 0. The zero-order valence-corrected chi connectivity index (χ0v) is 14.2. The van der Waals surface area contributed by atoms with Crippen LogP contribution in [0.25, 0.3) is 0 Å². The van der Waals surface area contributed by atoms with Crippen molar-refractivity contribution in [2.75, 3.05) is 13.1 Å². The van der Waals surface area contributed by atoms with Crippen molar-refractivity contribution in [2.24, 2.45) is 11.7 Å². The first-order valence-corrected chi connectivity index (χ1v) is 8.62. The zero-order chi connectivity index (χ0) is 15.4. The lowest BCUT2D eigenvalue weighted by Gasteiger charge is -2.42. The molecule has 0 saturated carbocycles. The fourth-order valence-electron chi connectivity index (χ4n) is 3.62. The molecule has 1 saturated heterocycles. The van der Waals surface area contributed by atoms with Crippen LogP contribution in [0.1, 0.15) is 70.0 Å². The molecule has 0 spiro atoms. The summed E-state index contributed by atoms with van der Waals surface area (Å²) in [6.07, 6.45) is 3.88. The minimum atomic E-state index is 0.470. The number of hydrogen-bond acceptors (Lipinski definition) is 2. The van der Waals surface area contributed by atoms with Gasteiger partial charge in [0.2, 0.25) is 0 Å². The van der Waals surface area contributed by atoms with Gasteiger partial charge < -0.3 is 5.73 Å². The zero-order valence-electron chi connectivity index (χ0n) is 14.2. The van der Waals surface area contributed by atoms with Crippen LogP contribution in [0, 0.1) is 5.92 Å². The van der Waals surface area contributed by atoms with Gasteiger partial charge in [0.15, 0.2) is 0 Å². The third kappa shape index (κ3) is 3.87. The van der Waals surface area contributed by atoms with Crippen molar-refractivity contribution in [1.29, 1.82) is 0 Å². The summed E-state index contributed by atoms with van der Waals surface area (Å²) in [6.45, 7) is 11.1. The quantitative estimate of drug-likeness (QED) is 0.874. The molecule has 2 heteroatoms. The molecule has 1 fully saturated rings. The standard InChI is InChI=1S/C19H32N2/c1-5-16-10-11-21(19(12-16)13-20)15(4)18-8-6-17(7-9-18)14(2)3/h6-9,14-16,19H,5,10-13,20H2,1-4H3. The van der Waals surface area contributed by atoms with Crippen molar-refractivity contribution >= 4 is 0 Å². The number of nitrogens with zero attached hydrogens (tertiary/aromatic N) is 1. The highest BCUT2D eigenvalue weighted by molar-refractivity contribution is 5.26. The Morgan fingerprint density at radius 3 is 2.29 bits per heavy atom. The van der Waals surface area contributed by atoms with Gasteiger partial charge in [-0.15, -0.1) is 0 Å². The van der Waals surface area contributed by atoms with Gasteiger partial charge in [0.1, 0.15) is 0 Å². The Kier molecular flexibility index (Phi) is 5.83. The fraction of sp³-hybridized carbons (Fsp3) is 0.684. The molecule has 0 aromatic heterocycles. The van der Waals surface area contributed by atoms with E-state index in [2.05, 4.69) is 56.9 Å². The summed E-state index contributed by atoms with van der Waals surface area (Å²) >= 11 is 0. The molecular weight excluding hydrogens is 256 g/mol. The first kappa shape index (κ1) is 16.5. The van der Waals surface area contributed by atoms with Gasteiger partial charge in [0, 0.05) is 18.6 Å². The third-order valence-corrected chi connectivity index (χ3v) is 5.30. The number of benzene rings is 1. The number of rotatable bonds is 5. The number of hydrogen-bond donors (Lipinski definition) is 1. The van der Waals surface area contributed by atoms with Crippen molar-refractivity contribution < 1.29 is 0 Å². The minimum absolute atomic E-state index is 0.470. The number of piperidine rings is 1. The molecule has 1 aromatic carbocycles. The molecule has 0 amide bonds. The molecule has 1 aliphatic heterocycles. The van der Waals surface area contributed by atoms with E-state index in [1.54, 1.807) is 0 Å². The summed E-state index contributed by atoms with van der Waals surface area (Å²) in [5.41, 5.74) is 8.89. The molecule has 3 unspecified atom stereocenters. The Balaban J connectivity index is 2.09. The van der Waals surface area contributed by atoms with Crippen LogP contribution in [-0.2, 0) is 0 Å². The van der Waals surface area contributed by atoms with Gasteiger partial charge in [0.05, 0.1) is 0 Å². The Bertz CT molecular complexity index is 424. The average molecular weight is 288 g/mol. The molecule has 2 nitrogen and oxygen atoms in total. The van der Waals surface area contributed by atoms with E-state index in [-0.39, 0.29) is 0 Å². The molecule has 3 atom stereocenters. The van der Waals surface area contributed by atoms with E-state index in [1.165, 1.54) is 36.9 Å². The fourth-order valence-corrected chi connectivity index (χ4v) is 3.62. The Morgan fingerprint density at radius 1 is 1.14 bits per heavy atom. The molecule has 0 radical (unpaired) electrons. The van der Waals surface area contributed by atoms with Crippen LogP contribution in [0.15, 0.2) is 24.3 Å². The number of nitrogens with two attached hydrogens (primary N) is 1. The van der Waals surface area contributed by atoms with E-state index in [0.29, 0.717) is 18.0 Å². The van der Waals surface area contributed by atoms with Crippen molar-refractivity contribution in [3.63, 3.8) is 0 Å². The largest absolute Gasteiger partial charge is 0.329 e. The Hall–Kier alpha value is -0.860. The minimum Gasteiger partial charge on any atom is -0.329 e. The molecule has 1 heterocycles. The van der Waals surface area contributed by atoms with Gasteiger partial charge in [-0.25, -0.2) is 0 Å². The van der Waals surface area contributed by atoms with Crippen LogP contribution in [-0.4, -0.2) is 24.0 Å². The summed E-state index contributed by atoms with van der Waals surface area (Å²) in [5.74, 6) is 1.47. The SMILES string of the molecule is CCC1CCN(C(C)c2ccc(C(C)C)cc2)C(CN)C1. The third-order valence-electron chi connectivity index (χ3n) is 5.30. The average Bonchev–Trinajstić information content (AvgIpc) is 2.53. The van der Waals surface area contributed by atoms with Crippen LogP contribution >= 0.6 is 0 Å². The molecule has 2 N–H and O–H groups in total. The lowest BCUT2D eigenvalue weighted by atomic mass is 9.87. The molecule has 1 aromatic rings. The van der Waals surface area contributed by atoms with E-state index in [9.17, 15) is 0 Å². The topological polar surface area (TPSA) is 29.3 Å². The molecule has 1 aliphatic rings.